The average molecular weight is 584 g/mol. The van der Waals surface area contributed by atoms with Crippen molar-refractivity contribution in [1.29, 1.82) is 0 Å². The lowest BCUT2D eigenvalue weighted by molar-refractivity contribution is -0.154. The van der Waals surface area contributed by atoms with Crippen LogP contribution >= 0.6 is 0 Å². The van der Waals surface area contributed by atoms with E-state index in [9.17, 15) is 23.2 Å². The van der Waals surface area contributed by atoms with Crippen LogP contribution in [0.2, 0.25) is 0 Å². The third-order valence-electron chi connectivity index (χ3n) is 6.57. The van der Waals surface area contributed by atoms with Crippen LogP contribution in [-0.4, -0.2) is 42.7 Å². The fourth-order valence-corrected chi connectivity index (χ4v) is 4.68. The minimum atomic E-state index is -0.823. The summed E-state index contributed by atoms with van der Waals surface area (Å²) in [5.41, 5.74) is 1.27. The molecule has 0 aliphatic carbocycles. The molecular formula is C32H35F2NO7. The zero-order valence-corrected chi connectivity index (χ0v) is 24.3. The molecule has 8 nitrogen and oxygen atoms in total. The van der Waals surface area contributed by atoms with Crippen LogP contribution in [0.5, 0.6) is 11.5 Å². The SMILES string of the molecule is COc1ccnc(C(=O)C[C@@H](CC(C)C)C(=O)O[C@@H](C)C(c2ccc(F)cc2)c2ccc(F)cc2)c1OCOC(C)=O. The molecule has 0 spiro atoms. The molecule has 0 saturated carbocycles. The molecule has 42 heavy (non-hydrogen) atoms. The van der Waals surface area contributed by atoms with Gasteiger partial charge in [-0.2, -0.15) is 0 Å². The van der Waals surface area contributed by atoms with E-state index in [-0.39, 0.29) is 29.5 Å². The Morgan fingerprint density at radius 2 is 1.45 bits per heavy atom. The Kier molecular flexibility index (Phi) is 11.5. The van der Waals surface area contributed by atoms with Crippen LogP contribution in [0.25, 0.3) is 0 Å². The number of ketones is 1. The number of ether oxygens (including phenoxy) is 4. The predicted molar refractivity (Wildman–Crippen MR) is 150 cm³/mol. The van der Waals surface area contributed by atoms with E-state index in [1.54, 1.807) is 31.2 Å². The lowest BCUT2D eigenvalue weighted by Gasteiger charge is -2.27. The van der Waals surface area contributed by atoms with E-state index in [2.05, 4.69) is 4.98 Å². The van der Waals surface area contributed by atoms with Gasteiger partial charge < -0.3 is 18.9 Å². The van der Waals surface area contributed by atoms with Crippen molar-refractivity contribution in [3.05, 3.63) is 89.2 Å². The second-order valence-corrected chi connectivity index (χ2v) is 10.3. The lowest BCUT2D eigenvalue weighted by atomic mass is 9.86. The molecule has 0 aliphatic heterocycles. The van der Waals surface area contributed by atoms with Crippen LogP contribution in [0.4, 0.5) is 8.78 Å². The Bertz CT molecular complexity index is 1310. The summed E-state index contributed by atoms with van der Waals surface area (Å²) in [7, 11) is 1.39. The number of hydrogen-bond acceptors (Lipinski definition) is 8. The highest BCUT2D eigenvalue weighted by molar-refractivity contribution is 5.99. The zero-order chi connectivity index (χ0) is 30.8. The number of halogens is 2. The van der Waals surface area contributed by atoms with Crippen molar-refractivity contribution in [2.75, 3.05) is 13.9 Å². The van der Waals surface area contributed by atoms with Gasteiger partial charge in [0.2, 0.25) is 6.79 Å². The number of nitrogens with zero attached hydrogens (tertiary/aromatic N) is 1. The summed E-state index contributed by atoms with van der Waals surface area (Å²) in [6, 6.07) is 13.1. The van der Waals surface area contributed by atoms with Crippen molar-refractivity contribution in [3.8, 4) is 11.5 Å². The number of hydrogen-bond donors (Lipinski definition) is 0. The molecule has 0 fully saturated rings. The summed E-state index contributed by atoms with van der Waals surface area (Å²) >= 11 is 0. The number of benzene rings is 2. The quantitative estimate of drug-likeness (QED) is 0.124. The molecule has 0 unspecified atom stereocenters. The third kappa shape index (κ3) is 8.83. The smallest absolute Gasteiger partial charge is 0.309 e. The van der Waals surface area contributed by atoms with E-state index in [4.69, 9.17) is 18.9 Å². The van der Waals surface area contributed by atoms with Crippen molar-refractivity contribution in [1.82, 2.24) is 4.98 Å². The molecule has 0 radical (unpaired) electrons. The fourth-order valence-electron chi connectivity index (χ4n) is 4.68. The van der Waals surface area contributed by atoms with Gasteiger partial charge >= 0.3 is 11.9 Å². The van der Waals surface area contributed by atoms with Crippen molar-refractivity contribution >= 4 is 17.7 Å². The predicted octanol–water partition coefficient (Wildman–Crippen LogP) is 6.27. The number of carbonyl (C=O) groups is 3. The van der Waals surface area contributed by atoms with Crippen LogP contribution in [-0.2, 0) is 19.1 Å². The van der Waals surface area contributed by atoms with Gasteiger partial charge in [0.05, 0.1) is 13.0 Å². The molecule has 0 amide bonds. The van der Waals surface area contributed by atoms with Crippen molar-refractivity contribution in [2.45, 2.75) is 52.6 Å². The molecule has 2 atom stereocenters. The second-order valence-electron chi connectivity index (χ2n) is 10.3. The van der Waals surface area contributed by atoms with Crippen LogP contribution in [0, 0.1) is 23.5 Å². The molecule has 224 valence electrons. The Hall–Kier alpha value is -4.34. The number of pyridine rings is 1. The van der Waals surface area contributed by atoms with E-state index in [0.29, 0.717) is 17.5 Å². The summed E-state index contributed by atoms with van der Waals surface area (Å²) in [6.07, 6.45) is 0.753. The molecule has 3 aromatic rings. The number of esters is 2. The highest BCUT2D eigenvalue weighted by Gasteiger charge is 2.32. The summed E-state index contributed by atoms with van der Waals surface area (Å²) in [5, 5.41) is 0. The Morgan fingerprint density at radius 3 is 1.95 bits per heavy atom. The Balaban J connectivity index is 1.86. The lowest BCUT2D eigenvalue weighted by Crippen LogP contribution is -2.30. The summed E-state index contributed by atoms with van der Waals surface area (Å²) in [5.74, 6) is -3.59. The Morgan fingerprint density at radius 1 is 0.881 bits per heavy atom. The molecule has 0 N–H and O–H groups in total. The summed E-state index contributed by atoms with van der Waals surface area (Å²) in [4.78, 5) is 42.4. The van der Waals surface area contributed by atoms with Gasteiger partial charge in [-0.3, -0.25) is 14.4 Å². The average Bonchev–Trinajstić information content (AvgIpc) is 2.94. The summed E-state index contributed by atoms with van der Waals surface area (Å²) < 4.78 is 48.9. The minimum Gasteiger partial charge on any atom is -0.493 e. The maximum atomic E-state index is 13.7. The maximum Gasteiger partial charge on any atom is 0.309 e. The van der Waals surface area contributed by atoms with Gasteiger partial charge in [0.1, 0.15) is 17.7 Å². The van der Waals surface area contributed by atoms with Crippen LogP contribution < -0.4 is 9.47 Å². The number of aromatic nitrogens is 1. The topological polar surface area (TPSA) is 101 Å². The highest BCUT2D eigenvalue weighted by atomic mass is 19.1. The van der Waals surface area contributed by atoms with E-state index in [0.717, 1.165) is 0 Å². The normalized spacial score (nSPS) is 12.5. The van der Waals surface area contributed by atoms with Gasteiger partial charge in [0.25, 0.3) is 0 Å². The second kappa shape index (κ2) is 15.0. The van der Waals surface area contributed by atoms with E-state index >= 15 is 0 Å². The van der Waals surface area contributed by atoms with E-state index < -0.39 is 54.1 Å². The molecule has 0 aliphatic rings. The number of Topliss-reactive ketones (excluding diaryl/α,β-unsaturated/α-hetero) is 1. The van der Waals surface area contributed by atoms with Gasteiger partial charge in [-0.1, -0.05) is 38.1 Å². The maximum absolute atomic E-state index is 13.7. The molecule has 1 heterocycles. The number of rotatable bonds is 14. The highest BCUT2D eigenvalue weighted by Crippen LogP contribution is 2.34. The summed E-state index contributed by atoms with van der Waals surface area (Å²) in [6.45, 7) is 6.31. The minimum absolute atomic E-state index is 0.0102. The third-order valence-corrected chi connectivity index (χ3v) is 6.57. The van der Waals surface area contributed by atoms with Crippen molar-refractivity contribution in [3.63, 3.8) is 0 Å². The molecule has 0 bridgehead atoms. The van der Waals surface area contributed by atoms with Crippen molar-refractivity contribution in [2.24, 2.45) is 11.8 Å². The van der Waals surface area contributed by atoms with Gasteiger partial charge in [-0.05, 0) is 54.7 Å². The molecule has 2 aromatic carbocycles. The van der Waals surface area contributed by atoms with Crippen LogP contribution in [0.15, 0.2) is 60.8 Å². The fraction of sp³-hybridized carbons (Fsp3) is 0.375. The van der Waals surface area contributed by atoms with Gasteiger partial charge in [-0.15, -0.1) is 0 Å². The van der Waals surface area contributed by atoms with Gasteiger partial charge in [-0.25, -0.2) is 13.8 Å². The molecular weight excluding hydrogens is 548 g/mol. The number of carbonyl (C=O) groups excluding carboxylic acids is 3. The first-order valence-electron chi connectivity index (χ1n) is 13.5. The van der Waals surface area contributed by atoms with Crippen LogP contribution in [0.1, 0.15) is 68.1 Å². The Labute approximate surface area is 244 Å². The largest absolute Gasteiger partial charge is 0.493 e. The first-order valence-corrected chi connectivity index (χ1v) is 13.5. The standard InChI is InChI=1S/C32H35F2NO7/c1-19(2)16-24(17-27(37)30-31(41-18-40-21(4)36)28(39-5)14-15-35-30)32(38)42-20(3)29(22-6-10-25(33)11-7-22)23-8-12-26(34)13-9-23/h6-15,19-20,24,29H,16-18H2,1-5H3/t20-,24+/m0/s1. The molecule has 0 saturated heterocycles. The van der Waals surface area contributed by atoms with E-state index in [1.807, 2.05) is 13.8 Å². The van der Waals surface area contributed by atoms with E-state index in [1.165, 1.54) is 50.6 Å². The zero-order valence-electron chi connectivity index (χ0n) is 24.3. The van der Waals surface area contributed by atoms with Gasteiger partial charge in [0, 0.05) is 31.5 Å². The van der Waals surface area contributed by atoms with Crippen LogP contribution in [0.3, 0.4) is 0 Å². The molecule has 1 aromatic heterocycles. The number of methoxy groups -OCH3 is 1. The van der Waals surface area contributed by atoms with Gasteiger partial charge in [0.15, 0.2) is 23.0 Å². The molecule has 3 rings (SSSR count). The first-order chi connectivity index (χ1) is 20.0. The van der Waals surface area contributed by atoms with Crippen molar-refractivity contribution < 1.29 is 42.1 Å². The monoisotopic (exact) mass is 583 g/mol. The molecule has 10 heteroatoms. The first kappa shape index (κ1) is 32.2.